The van der Waals surface area contributed by atoms with Crippen molar-refractivity contribution in [1.29, 1.82) is 0 Å². The molecule has 4 rings (SSSR count). The first-order valence-corrected chi connectivity index (χ1v) is 11.0. The quantitative estimate of drug-likeness (QED) is 0.672. The van der Waals surface area contributed by atoms with E-state index in [4.69, 9.17) is 0 Å². The van der Waals surface area contributed by atoms with Gasteiger partial charge >= 0.3 is 0 Å². The number of rotatable bonds is 6. The van der Waals surface area contributed by atoms with Crippen molar-refractivity contribution in [2.75, 3.05) is 19.6 Å². The predicted octanol–water partition coefficient (Wildman–Crippen LogP) is 4.39. The van der Waals surface area contributed by atoms with Gasteiger partial charge in [0.05, 0.1) is 16.3 Å². The number of nitrogens with zero attached hydrogens (tertiary/aromatic N) is 3. The van der Waals surface area contributed by atoms with E-state index in [1.54, 1.807) is 0 Å². The minimum absolute atomic E-state index is 0.0484. The number of piperidine rings is 1. The van der Waals surface area contributed by atoms with E-state index in [-0.39, 0.29) is 11.9 Å². The fourth-order valence-corrected chi connectivity index (χ4v) is 4.93. The van der Waals surface area contributed by atoms with Crippen LogP contribution in [0.5, 0.6) is 0 Å². The summed E-state index contributed by atoms with van der Waals surface area (Å²) < 4.78 is 1.94. The molecule has 1 aromatic carbocycles. The molecule has 0 unspecified atom stereocenters. The third-order valence-electron chi connectivity index (χ3n) is 5.52. The van der Waals surface area contributed by atoms with Crippen LogP contribution in [0.4, 0.5) is 0 Å². The molecule has 3 aromatic rings. The molecule has 0 atom stereocenters. The second kappa shape index (κ2) is 8.45. The number of carbonyl (C=O) groups excluding carboxylic acids is 1. The molecular formula is C22H28N4OS. The van der Waals surface area contributed by atoms with E-state index in [1.165, 1.54) is 30.7 Å². The number of aryl methyl sites for hydroxylation is 1. The van der Waals surface area contributed by atoms with Crippen LogP contribution in [0.15, 0.2) is 36.4 Å². The van der Waals surface area contributed by atoms with Crippen molar-refractivity contribution in [3.05, 3.63) is 47.0 Å². The molecule has 1 aliphatic rings. The van der Waals surface area contributed by atoms with E-state index in [0.29, 0.717) is 0 Å². The summed E-state index contributed by atoms with van der Waals surface area (Å²) in [5.41, 5.74) is 1.98. The smallest absolute Gasteiger partial charge is 0.261 e. The van der Waals surface area contributed by atoms with Crippen molar-refractivity contribution in [3.63, 3.8) is 0 Å². The minimum atomic E-state index is 0.0484. The first-order valence-electron chi connectivity index (χ1n) is 10.2. The number of likely N-dealkylation sites (tertiary alicyclic amines) is 1. The Labute approximate surface area is 170 Å². The lowest BCUT2D eigenvalue weighted by molar-refractivity contribution is 0.0915. The lowest BCUT2D eigenvalue weighted by Gasteiger charge is -2.32. The summed E-state index contributed by atoms with van der Waals surface area (Å²) in [6.07, 6.45) is 4.58. The van der Waals surface area contributed by atoms with E-state index < -0.39 is 0 Å². The van der Waals surface area contributed by atoms with Crippen molar-refractivity contribution < 1.29 is 4.79 Å². The van der Waals surface area contributed by atoms with Gasteiger partial charge in [-0.2, -0.15) is 5.10 Å². The number of fused-ring (bicyclic) bond motifs is 1. The van der Waals surface area contributed by atoms with Crippen molar-refractivity contribution in [2.45, 2.75) is 45.6 Å². The maximum Gasteiger partial charge on any atom is 0.261 e. The van der Waals surface area contributed by atoms with Gasteiger partial charge < -0.3 is 10.2 Å². The van der Waals surface area contributed by atoms with Crippen LogP contribution in [0.3, 0.4) is 0 Å². The van der Waals surface area contributed by atoms with Gasteiger partial charge in [0.25, 0.3) is 5.91 Å². The number of carbonyl (C=O) groups is 1. The fourth-order valence-electron chi connectivity index (χ4n) is 3.84. The second-order valence-electron chi connectivity index (χ2n) is 7.61. The molecule has 2 aromatic heterocycles. The van der Waals surface area contributed by atoms with Gasteiger partial charge in [0.1, 0.15) is 4.83 Å². The zero-order valence-electron chi connectivity index (χ0n) is 16.6. The summed E-state index contributed by atoms with van der Waals surface area (Å²) in [6.45, 7) is 7.58. The van der Waals surface area contributed by atoms with E-state index in [1.807, 2.05) is 48.0 Å². The fraction of sp³-hybridized carbons (Fsp3) is 0.455. The third kappa shape index (κ3) is 3.98. The minimum Gasteiger partial charge on any atom is -0.349 e. The van der Waals surface area contributed by atoms with Gasteiger partial charge in [0.2, 0.25) is 0 Å². The van der Waals surface area contributed by atoms with Crippen LogP contribution < -0.4 is 5.32 Å². The van der Waals surface area contributed by atoms with Crippen LogP contribution in [0, 0.1) is 6.92 Å². The summed E-state index contributed by atoms with van der Waals surface area (Å²) in [6, 6.07) is 12.4. The molecule has 1 N–H and O–H groups in total. The Kier molecular flexibility index (Phi) is 5.78. The van der Waals surface area contributed by atoms with Gasteiger partial charge in [-0.25, -0.2) is 4.68 Å². The lowest BCUT2D eigenvalue weighted by Crippen LogP contribution is -2.44. The molecule has 1 aliphatic heterocycles. The van der Waals surface area contributed by atoms with Gasteiger partial charge in [-0.05, 0) is 50.9 Å². The number of amides is 1. The molecule has 0 saturated carbocycles. The van der Waals surface area contributed by atoms with Crippen LogP contribution in [-0.4, -0.2) is 46.3 Å². The predicted molar refractivity (Wildman–Crippen MR) is 116 cm³/mol. The molecule has 1 saturated heterocycles. The molecule has 0 spiro atoms. The van der Waals surface area contributed by atoms with E-state index >= 15 is 0 Å². The highest BCUT2D eigenvalue weighted by atomic mass is 32.1. The molecule has 148 valence electrons. The standard InChI is InChI=1S/C22H28N4OS/c1-3-4-12-25-13-10-17(11-14-25)23-21(27)20-15-19-16(2)24-26(22(19)28-20)18-8-6-5-7-9-18/h5-9,15,17H,3-4,10-14H2,1-2H3,(H,23,27). The van der Waals surface area contributed by atoms with Crippen LogP contribution in [0.1, 0.15) is 48.0 Å². The molecule has 0 radical (unpaired) electrons. The molecule has 5 nitrogen and oxygen atoms in total. The number of thiophene rings is 1. The monoisotopic (exact) mass is 396 g/mol. The molecule has 28 heavy (non-hydrogen) atoms. The number of hydrogen-bond donors (Lipinski definition) is 1. The van der Waals surface area contributed by atoms with Gasteiger partial charge in [-0.3, -0.25) is 4.79 Å². The number of nitrogens with one attached hydrogen (secondary N) is 1. The average molecular weight is 397 g/mol. The normalized spacial score (nSPS) is 15.9. The molecule has 0 aliphatic carbocycles. The lowest BCUT2D eigenvalue weighted by atomic mass is 10.0. The summed E-state index contributed by atoms with van der Waals surface area (Å²) in [7, 11) is 0. The SMILES string of the molecule is CCCCN1CCC(NC(=O)c2cc3c(C)nn(-c4ccccc4)c3s2)CC1. The van der Waals surface area contributed by atoms with Gasteiger partial charge in [-0.15, -0.1) is 11.3 Å². The average Bonchev–Trinajstić information content (AvgIpc) is 3.29. The Bertz CT molecular complexity index is 938. The summed E-state index contributed by atoms with van der Waals surface area (Å²) in [5, 5.41) is 8.98. The maximum atomic E-state index is 12.8. The van der Waals surface area contributed by atoms with Crippen LogP contribution in [-0.2, 0) is 0 Å². The zero-order valence-corrected chi connectivity index (χ0v) is 17.5. The number of unbranched alkanes of at least 4 members (excludes halogenated alkanes) is 1. The number of hydrogen-bond acceptors (Lipinski definition) is 4. The zero-order chi connectivity index (χ0) is 19.5. The number of aromatic nitrogens is 2. The molecule has 1 amide bonds. The van der Waals surface area contributed by atoms with Gasteiger partial charge in [0, 0.05) is 24.5 Å². The van der Waals surface area contributed by atoms with E-state index in [9.17, 15) is 4.79 Å². The van der Waals surface area contributed by atoms with Crippen molar-refractivity contribution in [1.82, 2.24) is 20.0 Å². The van der Waals surface area contributed by atoms with Crippen molar-refractivity contribution in [2.24, 2.45) is 0 Å². The van der Waals surface area contributed by atoms with Gasteiger partial charge in [-0.1, -0.05) is 31.5 Å². The highest BCUT2D eigenvalue weighted by molar-refractivity contribution is 7.20. The van der Waals surface area contributed by atoms with Crippen LogP contribution >= 0.6 is 11.3 Å². The Hall–Kier alpha value is -2.18. The molecule has 3 heterocycles. The molecule has 1 fully saturated rings. The van der Waals surface area contributed by atoms with E-state index in [2.05, 4.69) is 22.2 Å². The molecular weight excluding hydrogens is 368 g/mol. The molecule has 6 heteroatoms. The second-order valence-corrected chi connectivity index (χ2v) is 8.64. The largest absolute Gasteiger partial charge is 0.349 e. The Morgan fingerprint density at radius 3 is 2.71 bits per heavy atom. The summed E-state index contributed by atoms with van der Waals surface area (Å²) >= 11 is 1.53. The Morgan fingerprint density at radius 2 is 2.00 bits per heavy atom. The van der Waals surface area contributed by atoms with Gasteiger partial charge in [0.15, 0.2) is 0 Å². The van der Waals surface area contributed by atoms with Crippen LogP contribution in [0.2, 0.25) is 0 Å². The van der Waals surface area contributed by atoms with Crippen LogP contribution in [0.25, 0.3) is 15.9 Å². The topological polar surface area (TPSA) is 50.2 Å². The van der Waals surface area contributed by atoms with Crippen molar-refractivity contribution >= 4 is 27.5 Å². The molecule has 0 bridgehead atoms. The highest BCUT2D eigenvalue weighted by Gasteiger charge is 2.23. The highest BCUT2D eigenvalue weighted by Crippen LogP contribution is 2.30. The number of benzene rings is 1. The first kappa shape index (κ1) is 19.2. The number of para-hydroxylation sites is 1. The van der Waals surface area contributed by atoms with E-state index in [0.717, 1.165) is 52.4 Å². The maximum absolute atomic E-state index is 12.8. The summed E-state index contributed by atoms with van der Waals surface area (Å²) in [4.78, 5) is 17.2. The Balaban J connectivity index is 1.45. The summed E-state index contributed by atoms with van der Waals surface area (Å²) in [5.74, 6) is 0.0484. The third-order valence-corrected chi connectivity index (χ3v) is 6.63. The Morgan fingerprint density at radius 1 is 1.25 bits per heavy atom. The van der Waals surface area contributed by atoms with Crippen molar-refractivity contribution in [3.8, 4) is 5.69 Å². The first-order chi connectivity index (χ1) is 13.7.